The molecule has 2 rings (SSSR count). The van der Waals surface area contributed by atoms with Gasteiger partial charge in [-0.25, -0.2) is 14.8 Å². The molecule has 1 aliphatic rings. The topological polar surface area (TPSA) is 84.3 Å². The third-order valence-electron chi connectivity index (χ3n) is 3.45. The molecule has 2 N–H and O–H groups in total. The van der Waals surface area contributed by atoms with Crippen LogP contribution in [0.3, 0.4) is 0 Å². The molecule has 19 heavy (non-hydrogen) atoms. The molecule has 1 aromatic heterocycles. The number of carboxylic acid groups (broad SMARTS) is 1. The molecule has 0 spiro atoms. The second kappa shape index (κ2) is 5.97. The summed E-state index contributed by atoms with van der Waals surface area (Å²) in [4.78, 5) is 18.5. The van der Waals surface area contributed by atoms with E-state index < -0.39 is 5.97 Å². The van der Waals surface area contributed by atoms with Crippen LogP contribution in [0.4, 0.5) is 5.82 Å². The largest absolute Gasteiger partial charge is 0.476 e. The molecule has 0 unspecified atom stereocenters. The molecule has 6 nitrogen and oxygen atoms in total. The molecule has 1 aliphatic carbocycles. The van der Waals surface area contributed by atoms with Crippen LogP contribution in [0.25, 0.3) is 0 Å². The fourth-order valence-corrected chi connectivity index (χ4v) is 1.93. The van der Waals surface area contributed by atoms with Gasteiger partial charge in [0, 0.05) is 19.8 Å². The molecule has 0 radical (unpaired) electrons. The van der Waals surface area contributed by atoms with Crippen molar-refractivity contribution >= 4 is 11.8 Å². The Kier molecular flexibility index (Phi) is 4.31. The maximum absolute atomic E-state index is 10.6. The summed E-state index contributed by atoms with van der Waals surface area (Å²) in [6.07, 6.45) is 6.18. The van der Waals surface area contributed by atoms with Gasteiger partial charge in [0.25, 0.3) is 0 Å². The number of hydrogen-bond acceptors (Lipinski definition) is 5. The predicted molar refractivity (Wildman–Crippen MR) is 70.3 cm³/mol. The lowest BCUT2D eigenvalue weighted by atomic mass is 10.0. The van der Waals surface area contributed by atoms with Crippen molar-refractivity contribution in [3.8, 4) is 0 Å². The number of ether oxygens (including phenoxy) is 1. The van der Waals surface area contributed by atoms with Gasteiger partial charge in [-0.3, -0.25) is 0 Å². The first kappa shape index (κ1) is 13.7. The van der Waals surface area contributed by atoms with Crippen molar-refractivity contribution in [2.75, 3.05) is 25.1 Å². The van der Waals surface area contributed by atoms with Crippen molar-refractivity contribution in [1.82, 2.24) is 9.97 Å². The monoisotopic (exact) mass is 265 g/mol. The zero-order valence-electron chi connectivity index (χ0n) is 11.1. The van der Waals surface area contributed by atoms with E-state index in [9.17, 15) is 4.79 Å². The molecule has 104 valence electrons. The van der Waals surface area contributed by atoms with E-state index in [0.29, 0.717) is 11.2 Å². The number of hydrogen-bond donors (Lipinski definition) is 2. The Bertz CT molecular complexity index is 429. The number of aromatic nitrogens is 2. The van der Waals surface area contributed by atoms with Gasteiger partial charge < -0.3 is 15.2 Å². The number of nitrogens with zero attached hydrogens (tertiary/aromatic N) is 2. The Morgan fingerprint density at radius 1 is 1.47 bits per heavy atom. The molecule has 1 saturated carbocycles. The highest BCUT2D eigenvalue weighted by Gasteiger charge is 2.41. The molecule has 1 fully saturated rings. The van der Waals surface area contributed by atoms with E-state index in [0.717, 1.165) is 26.2 Å². The third-order valence-corrected chi connectivity index (χ3v) is 3.45. The average Bonchev–Trinajstić information content (AvgIpc) is 3.18. The molecular formula is C13H19N3O3. The van der Waals surface area contributed by atoms with Gasteiger partial charge in [0.2, 0.25) is 0 Å². The molecule has 0 bridgehead atoms. The summed E-state index contributed by atoms with van der Waals surface area (Å²) in [6, 6.07) is 0. The van der Waals surface area contributed by atoms with E-state index in [4.69, 9.17) is 9.84 Å². The first-order valence-electron chi connectivity index (χ1n) is 6.52. The van der Waals surface area contributed by atoms with E-state index in [2.05, 4.69) is 15.3 Å². The number of nitrogens with one attached hydrogen (secondary N) is 1. The molecule has 0 aromatic carbocycles. The second-order valence-corrected chi connectivity index (χ2v) is 4.89. The van der Waals surface area contributed by atoms with E-state index >= 15 is 0 Å². The minimum absolute atomic E-state index is 0.0389. The number of anilines is 1. The van der Waals surface area contributed by atoms with Crippen molar-refractivity contribution in [1.29, 1.82) is 0 Å². The van der Waals surface area contributed by atoms with E-state index in [-0.39, 0.29) is 5.69 Å². The average molecular weight is 265 g/mol. The van der Waals surface area contributed by atoms with Gasteiger partial charge in [0.15, 0.2) is 5.69 Å². The van der Waals surface area contributed by atoms with Crippen LogP contribution in [0.15, 0.2) is 12.4 Å². The summed E-state index contributed by atoms with van der Waals surface area (Å²) in [7, 11) is 0. The lowest BCUT2D eigenvalue weighted by Crippen LogP contribution is -2.18. The Hall–Kier alpha value is -1.69. The van der Waals surface area contributed by atoms with Gasteiger partial charge in [-0.05, 0) is 31.6 Å². The van der Waals surface area contributed by atoms with Crippen molar-refractivity contribution < 1.29 is 14.6 Å². The lowest BCUT2D eigenvalue weighted by molar-refractivity contribution is 0.0690. The van der Waals surface area contributed by atoms with Gasteiger partial charge in [-0.1, -0.05) is 0 Å². The van der Waals surface area contributed by atoms with Crippen LogP contribution in [-0.4, -0.2) is 40.8 Å². The van der Waals surface area contributed by atoms with Crippen LogP contribution in [0.2, 0.25) is 0 Å². The van der Waals surface area contributed by atoms with Gasteiger partial charge in [0.1, 0.15) is 5.82 Å². The summed E-state index contributed by atoms with van der Waals surface area (Å²) >= 11 is 0. The second-order valence-electron chi connectivity index (χ2n) is 4.89. The summed E-state index contributed by atoms with van der Waals surface area (Å²) < 4.78 is 5.38. The molecule has 1 heterocycles. The predicted octanol–water partition coefficient (Wildman–Crippen LogP) is 1.79. The molecule has 0 atom stereocenters. The molecule has 0 saturated heterocycles. The van der Waals surface area contributed by atoms with Crippen LogP contribution >= 0.6 is 0 Å². The maximum Gasteiger partial charge on any atom is 0.356 e. The Morgan fingerprint density at radius 3 is 2.79 bits per heavy atom. The van der Waals surface area contributed by atoms with Crippen LogP contribution in [-0.2, 0) is 4.74 Å². The highest BCUT2D eigenvalue weighted by atomic mass is 16.5. The maximum atomic E-state index is 10.6. The Balaban J connectivity index is 1.80. The van der Waals surface area contributed by atoms with Gasteiger partial charge >= 0.3 is 5.97 Å². The SMILES string of the molecule is CCOCCC1(CNc2cnc(C(=O)O)cn2)CC1. The summed E-state index contributed by atoms with van der Waals surface area (Å²) in [6.45, 7) is 4.38. The van der Waals surface area contributed by atoms with Crippen LogP contribution in [0, 0.1) is 5.41 Å². The first-order chi connectivity index (χ1) is 9.15. The Morgan fingerprint density at radius 2 is 2.26 bits per heavy atom. The van der Waals surface area contributed by atoms with Crippen molar-refractivity contribution in [2.45, 2.75) is 26.2 Å². The zero-order valence-corrected chi connectivity index (χ0v) is 11.1. The number of carbonyl (C=O) groups is 1. The third kappa shape index (κ3) is 3.89. The van der Waals surface area contributed by atoms with Crippen molar-refractivity contribution in [3.63, 3.8) is 0 Å². The molecular weight excluding hydrogens is 246 g/mol. The molecule has 0 aliphatic heterocycles. The van der Waals surface area contributed by atoms with Crippen molar-refractivity contribution in [2.24, 2.45) is 5.41 Å². The van der Waals surface area contributed by atoms with E-state index in [1.165, 1.54) is 25.2 Å². The van der Waals surface area contributed by atoms with E-state index in [1.807, 2.05) is 6.92 Å². The minimum Gasteiger partial charge on any atom is -0.476 e. The van der Waals surface area contributed by atoms with Gasteiger partial charge in [0.05, 0.1) is 12.4 Å². The highest BCUT2D eigenvalue weighted by molar-refractivity contribution is 5.84. The normalized spacial score (nSPS) is 16.1. The van der Waals surface area contributed by atoms with E-state index in [1.54, 1.807) is 0 Å². The summed E-state index contributed by atoms with van der Waals surface area (Å²) in [5.41, 5.74) is 0.283. The molecule has 1 aromatic rings. The van der Waals surface area contributed by atoms with Crippen LogP contribution < -0.4 is 5.32 Å². The summed E-state index contributed by atoms with van der Waals surface area (Å²) in [5.74, 6) is -0.442. The Labute approximate surface area is 112 Å². The number of rotatable bonds is 8. The fraction of sp³-hybridized carbons (Fsp3) is 0.615. The van der Waals surface area contributed by atoms with Gasteiger partial charge in [-0.2, -0.15) is 0 Å². The number of carboxylic acids is 1. The standard InChI is InChI=1S/C13H19N3O3/c1-2-19-6-5-13(3-4-13)9-16-11-8-14-10(7-15-11)12(17)18/h7-8H,2-6,9H2,1H3,(H,15,16)(H,17,18). The molecule has 0 amide bonds. The first-order valence-corrected chi connectivity index (χ1v) is 6.52. The van der Waals surface area contributed by atoms with Crippen molar-refractivity contribution in [3.05, 3.63) is 18.1 Å². The molecule has 6 heteroatoms. The number of aromatic carboxylic acids is 1. The van der Waals surface area contributed by atoms with Crippen LogP contribution in [0.5, 0.6) is 0 Å². The lowest BCUT2D eigenvalue weighted by Gasteiger charge is -2.16. The quantitative estimate of drug-likeness (QED) is 0.697. The fourth-order valence-electron chi connectivity index (χ4n) is 1.93. The highest BCUT2D eigenvalue weighted by Crippen LogP contribution is 2.48. The van der Waals surface area contributed by atoms with Crippen LogP contribution in [0.1, 0.15) is 36.7 Å². The minimum atomic E-state index is -1.06. The zero-order chi connectivity index (χ0) is 13.7. The summed E-state index contributed by atoms with van der Waals surface area (Å²) in [5, 5.41) is 11.9. The van der Waals surface area contributed by atoms with Gasteiger partial charge in [-0.15, -0.1) is 0 Å². The smallest absolute Gasteiger partial charge is 0.356 e.